The van der Waals surface area contributed by atoms with Crippen molar-refractivity contribution >= 4 is 15.8 Å². The Kier molecular flexibility index (Phi) is 5.67. The van der Waals surface area contributed by atoms with E-state index in [0.29, 0.717) is 46.7 Å². The van der Waals surface area contributed by atoms with Crippen molar-refractivity contribution < 1.29 is 17.9 Å². The highest BCUT2D eigenvalue weighted by Crippen LogP contribution is 2.31. The number of piperidine rings is 1. The molecule has 1 fully saturated rings. The van der Waals surface area contributed by atoms with Crippen LogP contribution in [0.3, 0.4) is 0 Å². The van der Waals surface area contributed by atoms with E-state index in [0.717, 1.165) is 0 Å². The third kappa shape index (κ3) is 3.92. The number of Topliss-reactive ketones (excluding diaryl/α,β-unsaturated/α-hetero) is 1. The predicted molar refractivity (Wildman–Crippen MR) is 105 cm³/mol. The molecule has 5 nitrogen and oxygen atoms in total. The first-order chi connectivity index (χ1) is 12.8. The Bertz CT molecular complexity index is 915. The molecule has 0 N–H and O–H groups in total. The van der Waals surface area contributed by atoms with Crippen molar-refractivity contribution in [2.45, 2.75) is 31.6 Å². The van der Waals surface area contributed by atoms with Crippen LogP contribution in [0.15, 0.2) is 47.4 Å². The van der Waals surface area contributed by atoms with Gasteiger partial charge in [-0.15, -0.1) is 0 Å². The summed E-state index contributed by atoms with van der Waals surface area (Å²) in [6, 6.07) is 12.6. The smallest absolute Gasteiger partial charge is 0.243 e. The van der Waals surface area contributed by atoms with Crippen LogP contribution in [0, 0.1) is 19.8 Å². The van der Waals surface area contributed by atoms with Crippen molar-refractivity contribution in [2.75, 3.05) is 20.2 Å². The average Bonchev–Trinajstić information content (AvgIpc) is 2.67. The highest BCUT2D eigenvalue weighted by atomic mass is 32.2. The Labute approximate surface area is 161 Å². The van der Waals surface area contributed by atoms with Crippen LogP contribution in [0.2, 0.25) is 0 Å². The van der Waals surface area contributed by atoms with E-state index in [9.17, 15) is 13.2 Å². The maximum atomic E-state index is 13.3. The van der Waals surface area contributed by atoms with Crippen molar-refractivity contribution in [3.05, 3.63) is 59.2 Å². The summed E-state index contributed by atoms with van der Waals surface area (Å²) in [7, 11) is -2.11. The van der Waals surface area contributed by atoms with E-state index < -0.39 is 10.0 Å². The largest absolute Gasteiger partial charge is 0.497 e. The number of methoxy groups -OCH3 is 1. The SMILES string of the molecule is COc1cc(C)c(S(=O)(=O)N2CCCC(C(=O)c3ccccc3)C2)c(C)c1. The summed E-state index contributed by atoms with van der Waals surface area (Å²) < 4.78 is 33.3. The molecule has 0 aromatic heterocycles. The van der Waals surface area contributed by atoms with Crippen LogP contribution in [-0.4, -0.2) is 38.7 Å². The van der Waals surface area contributed by atoms with E-state index >= 15 is 0 Å². The number of benzene rings is 2. The fourth-order valence-corrected chi connectivity index (χ4v) is 5.71. The summed E-state index contributed by atoms with van der Waals surface area (Å²) in [4.78, 5) is 13.1. The molecule has 1 aliphatic rings. The number of sulfonamides is 1. The maximum absolute atomic E-state index is 13.3. The van der Waals surface area contributed by atoms with Gasteiger partial charge in [0.1, 0.15) is 5.75 Å². The van der Waals surface area contributed by atoms with Crippen LogP contribution in [0.5, 0.6) is 5.75 Å². The minimum atomic E-state index is -3.67. The Morgan fingerprint density at radius 2 is 1.74 bits per heavy atom. The molecule has 1 atom stereocenters. The number of rotatable bonds is 5. The molecule has 1 aliphatic heterocycles. The Balaban J connectivity index is 1.88. The highest BCUT2D eigenvalue weighted by Gasteiger charge is 2.35. The molecule has 0 radical (unpaired) electrons. The molecule has 3 rings (SSSR count). The summed E-state index contributed by atoms with van der Waals surface area (Å²) in [5, 5.41) is 0. The van der Waals surface area contributed by atoms with E-state index in [2.05, 4.69) is 0 Å². The molecule has 2 aromatic carbocycles. The van der Waals surface area contributed by atoms with Gasteiger partial charge in [-0.25, -0.2) is 8.42 Å². The molecule has 0 spiro atoms. The molecule has 1 heterocycles. The molecule has 27 heavy (non-hydrogen) atoms. The van der Waals surface area contributed by atoms with Gasteiger partial charge in [0, 0.05) is 24.6 Å². The van der Waals surface area contributed by atoms with Gasteiger partial charge < -0.3 is 4.74 Å². The summed E-state index contributed by atoms with van der Waals surface area (Å²) in [5.41, 5.74) is 1.95. The zero-order chi connectivity index (χ0) is 19.6. The summed E-state index contributed by atoms with van der Waals surface area (Å²) in [6.07, 6.45) is 1.39. The molecule has 144 valence electrons. The molecule has 1 saturated heterocycles. The third-order valence-corrected chi connectivity index (χ3v) is 7.25. The number of nitrogens with zero attached hydrogens (tertiary/aromatic N) is 1. The van der Waals surface area contributed by atoms with Crippen LogP contribution in [0.25, 0.3) is 0 Å². The average molecular weight is 388 g/mol. The van der Waals surface area contributed by atoms with Crippen LogP contribution < -0.4 is 4.74 Å². The first kappa shape index (κ1) is 19.6. The first-order valence-corrected chi connectivity index (χ1v) is 10.5. The number of ether oxygens (including phenoxy) is 1. The number of ketones is 1. The lowest BCUT2D eigenvalue weighted by molar-refractivity contribution is 0.0872. The molecule has 1 unspecified atom stereocenters. The maximum Gasteiger partial charge on any atom is 0.243 e. The zero-order valence-corrected chi connectivity index (χ0v) is 16.8. The van der Waals surface area contributed by atoms with Crippen LogP contribution in [0.1, 0.15) is 34.3 Å². The number of hydrogen-bond donors (Lipinski definition) is 0. The minimum absolute atomic E-state index is 0.0127. The fourth-order valence-electron chi connectivity index (χ4n) is 3.78. The van der Waals surface area contributed by atoms with Gasteiger partial charge in [-0.05, 0) is 49.9 Å². The fraction of sp³-hybridized carbons (Fsp3) is 0.381. The molecule has 6 heteroatoms. The second kappa shape index (κ2) is 7.82. The minimum Gasteiger partial charge on any atom is -0.497 e. The van der Waals surface area contributed by atoms with Gasteiger partial charge in [-0.2, -0.15) is 4.31 Å². The number of carbonyl (C=O) groups is 1. The quantitative estimate of drug-likeness (QED) is 0.736. The van der Waals surface area contributed by atoms with Crippen molar-refractivity contribution in [1.29, 1.82) is 0 Å². The predicted octanol–water partition coefficient (Wildman–Crippen LogP) is 3.60. The number of carbonyl (C=O) groups excluding carboxylic acids is 1. The molecule has 0 bridgehead atoms. The summed E-state index contributed by atoms with van der Waals surface area (Å²) in [6.45, 7) is 4.21. The number of aryl methyl sites for hydroxylation is 2. The molecular weight excluding hydrogens is 362 g/mol. The lowest BCUT2D eigenvalue weighted by Gasteiger charge is -2.32. The van der Waals surface area contributed by atoms with E-state index in [-0.39, 0.29) is 18.2 Å². The Morgan fingerprint density at radius 1 is 1.11 bits per heavy atom. The van der Waals surface area contributed by atoms with E-state index in [1.54, 1.807) is 45.2 Å². The van der Waals surface area contributed by atoms with E-state index in [4.69, 9.17) is 4.74 Å². The first-order valence-electron chi connectivity index (χ1n) is 9.09. The summed E-state index contributed by atoms with van der Waals surface area (Å²) in [5.74, 6) is 0.341. The van der Waals surface area contributed by atoms with E-state index in [1.165, 1.54) is 4.31 Å². The van der Waals surface area contributed by atoms with Gasteiger partial charge in [-0.1, -0.05) is 30.3 Å². The third-order valence-electron chi connectivity index (χ3n) is 5.08. The second-order valence-electron chi connectivity index (χ2n) is 7.02. The van der Waals surface area contributed by atoms with Gasteiger partial charge in [0.25, 0.3) is 0 Å². The molecule has 0 amide bonds. The van der Waals surface area contributed by atoms with E-state index in [1.807, 2.05) is 18.2 Å². The van der Waals surface area contributed by atoms with Crippen molar-refractivity contribution in [3.63, 3.8) is 0 Å². The van der Waals surface area contributed by atoms with Crippen molar-refractivity contribution in [1.82, 2.24) is 4.31 Å². The molecule has 2 aromatic rings. The standard InChI is InChI=1S/C21H25NO4S/c1-15-12-19(26-3)13-16(2)21(15)27(24,25)22-11-7-10-18(14-22)20(23)17-8-5-4-6-9-17/h4-6,8-9,12-13,18H,7,10-11,14H2,1-3H3. The van der Waals surface area contributed by atoms with Gasteiger partial charge in [-0.3, -0.25) is 4.79 Å². The Morgan fingerprint density at radius 3 is 2.33 bits per heavy atom. The lowest BCUT2D eigenvalue weighted by atomic mass is 9.91. The normalized spacial score (nSPS) is 18.3. The van der Waals surface area contributed by atoms with Gasteiger partial charge >= 0.3 is 0 Å². The van der Waals surface area contributed by atoms with Crippen LogP contribution >= 0.6 is 0 Å². The highest BCUT2D eigenvalue weighted by molar-refractivity contribution is 7.89. The molecule has 0 saturated carbocycles. The van der Waals surface area contributed by atoms with Crippen LogP contribution in [-0.2, 0) is 10.0 Å². The van der Waals surface area contributed by atoms with Crippen molar-refractivity contribution in [3.8, 4) is 5.75 Å². The van der Waals surface area contributed by atoms with Crippen molar-refractivity contribution in [2.24, 2.45) is 5.92 Å². The molecule has 0 aliphatic carbocycles. The topological polar surface area (TPSA) is 63.7 Å². The lowest BCUT2D eigenvalue weighted by Crippen LogP contribution is -2.42. The van der Waals surface area contributed by atoms with Crippen LogP contribution in [0.4, 0.5) is 0 Å². The zero-order valence-electron chi connectivity index (χ0n) is 15.9. The molecular formula is C21H25NO4S. The summed E-state index contributed by atoms with van der Waals surface area (Å²) >= 11 is 0. The van der Waals surface area contributed by atoms with Gasteiger partial charge in [0.2, 0.25) is 10.0 Å². The second-order valence-corrected chi connectivity index (χ2v) is 8.90. The van der Waals surface area contributed by atoms with Gasteiger partial charge in [0.15, 0.2) is 5.78 Å². The number of hydrogen-bond acceptors (Lipinski definition) is 4. The Hall–Kier alpha value is -2.18. The van der Waals surface area contributed by atoms with Gasteiger partial charge in [0.05, 0.1) is 12.0 Å². The monoisotopic (exact) mass is 387 g/mol.